The number of hydrogen-bond donors (Lipinski definition) is 0. The van der Waals surface area contributed by atoms with Crippen LogP contribution in [0.3, 0.4) is 0 Å². The van der Waals surface area contributed by atoms with Gasteiger partial charge in [-0.1, -0.05) is 244 Å². The Morgan fingerprint density at radius 3 is 1.22 bits per heavy atom. The minimum atomic E-state index is -1.79. The van der Waals surface area contributed by atoms with E-state index >= 15 is 0 Å². The summed E-state index contributed by atoms with van der Waals surface area (Å²) in [6.07, 6.45) is 0. The zero-order chi connectivity index (χ0) is 61.1. The van der Waals surface area contributed by atoms with Gasteiger partial charge in [-0.25, -0.2) is 0 Å². The molecule has 0 bridgehead atoms. The van der Waals surface area contributed by atoms with Gasteiger partial charge in [0.05, 0.1) is 30.2 Å². The number of nitrogens with zero attached hydrogens (tertiary/aromatic N) is 2. The maximum absolute atomic E-state index is 7.65. The number of benzene rings is 11. The third-order valence-corrected chi connectivity index (χ3v) is 21.3. The third-order valence-electron chi connectivity index (χ3n) is 18.2. The smallest absolute Gasteiger partial charge is 0.160 e. The van der Waals surface area contributed by atoms with Crippen LogP contribution in [0.4, 0.5) is 34.1 Å². The summed E-state index contributed by atoms with van der Waals surface area (Å²) in [5.41, 5.74) is 19.2. The van der Waals surface area contributed by atoms with E-state index in [9.17, 15) is 0 Å². The molecule has 0 fully saturated rings. The molecule has 6 heteroatoms. The Kier molecular flexibility index (Phi) is 13.7. The summed E-state index contributed by atoms with van der Waals surface area (Å²) >= 11 is 1.81. The average Bonchev–Trinajstić information content (AvgIpc) is 1.50. The predicted octanol–water partition coefficient (Wildman–Crippen LogP) is 23.4. The number of rotatable bonds is 11. The summed E-state index contributed by atoms with van der Waals surface area (Å²) in [7, 11) is -1.79. The fraction of sp³-hybridized carbons (Fsp3) is 0.195. The van der Waals surface area contributed by atoms with Crippen LogP contribution in [0.25, 0.3) is 55.0 Å². The Balaban J connectivity index is 1.16. The van der Waals surface area contributed by atoms with Gasteiger partial charge in [0.25, 0.3) is 0 Å². The van der Waals surface area contributed by atoms with Crippen molar-refractivity contribution in [3.8, 4) is 11.1 Å². The monoisotopic (exact) mass is 1180 g/mol. The van der Waals surface area contributed by atoms with Crippen molar-refractivity contribution in [1.82, 2.24) is 0 Å². The molecule has 1 atom stereocenters. The first-order valence-corrected chi connectivity index (χ1v) is 35.4. The molecule has 11 aromatic carbocycles. The van der Waals surface area contributed by atoms with Crippen LogP contribution in [0.1, 0.15) is 101 Å². The SMILES string of the molecule is CC(C)(C)c1ccc(Sc2ccc(C3(c4ccc([Si](C)(C)C)cc4)c4cc(N(c5ccccc5)c5ccc(C(C)(C)C)cc5)c5c(oc6ccccc65)c4-c4c3cc(N(c3ccccc3)c3ccc(C(C)(C)C)cc3)c3oc5ccccc5c43)cc2)cc1. The van der Waals surface area contributed by atoms with E-state index in [1.165, 1.54) is 37.2 Å². The molecular formula is C82H76N2O2SSi. The fourth-order valence-corrected chi connectivity index (χ4v) is 15.5. The van der Waals surface area contributed by atoms with Gasteiger partial charge in [0, 0.05) is 59.8 Å². The van der Waals surface area contributed by atoms with Gasteiger partial charge in [-0.2, -0.15) is 0 Å². The van der Waals surface area contributed by atoms with Crippen LogP contribution in [0.15, 0.2) is 261 Å². The fourth-order valence-electron chi connectivity index (χ4n) is 13.5. The Bertz CT molecular complexity index is 4750. The van der Waals surface area contributed by atoms with Crippen molar-refractivity contribution in [2.75, 3.05) is 9.80 Å². The summed E-state index contributed by atoms with van der Waals surface area (Å²) in [6, 6.07) is 90.8. The van der Waals surface area contributed by atoms with E-state index in [0.717, 1.165) is 106 Å². The Morgan fingerprint density at radius 1 is 0.364 bits per heavy atom. The first-order chi connectivity index (χ1) is 42.2. The van der Waals surface area contributed by atoms with Crippen molar-refractivity contribution < 1.29 is 8.83 Å². The molecule has 436 valence electrons. The molecule has 0 saturated heterocycles. The second-order valence-corrected chi connectivity index (χ2v) is 34.4. The van der Waals surface area contributed by atoms with Crippen molar-refractivity contribution in [3.05, 3.63) is 282 Å². The Labute approximate surface area is 524 Å². The van der Waals surface area contributed by atoms with Gasteiger partial charge in [0.1, 0.15) is 16.7 Å². The van der Waals surface area contributed by atoms with Crippen LogP contribution in [-0.2, 0) is 21.7 Å². The van der Waals surface area contributed by atoms with Crippen LogP contribution in [0, 0.1) is 0 Å². The first kappa shape index (κ1) is 57.0. The molecule has 0 radical (unpaired) electrons. The molecule has 4 nitrogen and oxygen atoms in total. The Hall–Kier alpha value is -8.81. The van der Waals surface area contributed by atoms with Crippen molar-refractivity contribution in [2.24, 2.45) is 0 Å². The molecule has 13 aromatic rings. The molecule has 0 N–H and O–H groups in total. The highest BCUT2D eigenvalue weighted by Gasteiger charge is 2.51. The van der Waals surface area contributed by atoms with E-state index in [-0.39, 0.29) is 16.2 Å². The van der Waals surface area contributed by atoms with Gasteiger partial charge in [-0.3, -0.25) is 0 Å². The molecule has 1 aliphatic carbocycles. The van der Waals surface area contributed by atoms with Crippen LogP contribution in [0.5, 0.6) is 0 Å². The normalized spacial score (nSPS) is 14.5. The summed E-state index contributed by atoms with van der Waals surface area (Å²) in [5, 5.41) is 5.60. The van der Waals surface area contributed by atoms with Gasteiger partial charge in [-0.15, -0.1) is 0 Å². The lowest BCUT2D eigenvalue weighted by atomic mass is 9.67. The van der Waals surface area contributed by atoms with Crippen LogP contribution in [-0.4, -0.2) is 8.07 Å². The molecule has 0 amide bonds. The molecule has 0 saturated carbocycles. The predicted molar refractivity (Wildman–Crippen MR) is 377 cm³/mol. The van der Waals surface area contributed by atoms with Gasteiger partial charge in [-0.05, 0) is 152 Å². The van der Waals surface area contributed by atoms with E-state index in [0.29, 0.717) is 0 Å². The quantitative estimate of drug-likeness (QED) is 0.121. The summed E-state index contributed by atoms with van der Waals surface area (Å²) in [5.74, 6) is 0. The van der Waals surface area contributed by atoms with Crippen LogP contribution < -0.4 is 15.0 Å². The number of anilines is 6. The summed E-state index contributed by atoms with van der Waals surface area (Å²) in [4.78, 5) is 7.27. The molecular weight excluding hydrogens is 1110 g/mol. The zero-order valence-electron chi connectivity index (χ0n) is 52.7. The topological polar surface area (TPSA) is 32.8 Å². The maximum atomic E-state index is 7.65. The minimum absolute atomic E-state index is 0.0353. The lowest BCUT2D eigenvalue weighted by Gasteiger charge is -2.36. The van der Waals surface area contributed by atoms with Gasteiger partial charge >= 0.3 is 0 Å². The lowest BCUT2D eigenvalue weighted by molar-refractivity contribution is 0.589. The largest absolute Gasteiger partial charge is 0.455 e. The second-order valence-electron chi connectivity index (χ2n) is 28.2. The molecule has 1 aliphatic rings. The number of furan rings is 2. The number of hydrogen-bond acceptors (Lipinski definition) is 5. The van der Waals surface area contributed by atoms with E-state index in [1.807, 2.05) is 11.8 Å². The van der Waals surface area contributed by atoms with Crippen molar-refractivity contribution in [3.63, 3.8) is 0 Å². The highest BCUT2D eigenvalue weighted by Crippen LogP contribution is 2.65. The van der Waals surface area contributed by atoms with Gasteiger partial charge in [0.15, 0.2) is 5.58 Å². The maximum Gasteiger partial charge on any atom is 0.160 e. The summed E-state index contributed by atoms with van der Waals surface area (Å²) < 4.78 is 15.1. The standard InChI is InChI=1S/C82H76N2O2SSi/c1-79(2,3)53-31-41-60(42-32-53)83(58-23-15-13-16-24-58)69-51-68-76(78-73(69)65-27-19-21-29-71(65)86-78)75-67(82(68,57-39-49-64(50-40-57)88(10,11)12)56-37-47-63(48-38-56)87-62-45-35-55(36-46-62)81(7,8)9)52-70(77-74(75)66-28-20-22-30-72(66)85-77)84(59-25-17-14-18-26-59)61-43-33-54(34-44-61)80(4,5)6/h13-52H,1-12H3. The molecule has 2 heterocycles. The zero-order valence-corrected chi connectivity index (χ0v) is 54.5. The van der Waals surface area contributed by atoms with Crippen LogP contribution >= 0.6 is 11.8 Å². The molecule has 1 unspecified atom stereocenters. The van der Waals surface area contributed by atoms with E-state index < -0.39 is 13.5 Å². The van der Waals surface area contributed by atoms with E-state index in [2.05, 4.69) is 334 Å². The first-order valence-electron chi connectivity index (χ1n) is 31.1. The van der Waals surface area contributed by atoms with E-state index in [1.54, 1.807) is 0 Å². The molecule has 14 rings (SSSR count). The molecule has 0 spiro atoms. The number of fused-ring (bicyclic) bond motifs is 11. The highest BCUT2D eigenvalue weighted by atomic mass is 32.2. The third kappa shape index (κ3) is 9.68. The highest BCUT2D eigenvalue weighted by molar-refractivity contribution is 7.99. The Morgan fingerprint density at radius 2 is 0.739 bits per heavy atom. The van der Waals surface area contributed by atoms with Crippen molar-refractivity contribution in [1.29, 1.82) is 0 Å². The number of para-hydroxylation sites is 4. The second kappa shape index (κ2) is 21.2. The average molecular weight is 1180 g/mol. The lowest BCUT2D eigenvalue weighted by Crippen LogP contribution is -2.38. The van der Waals surface area contributed by atoms with Gasteiger partial charge in [0.2, 0.25) is 0 Å². The molecule has 2 aromatic heterocycles. The van der Waals surface area contributed by atoms with Crippen LogP contribution in [0.2, 0.25) is 19.6 Å². The van der Waals surface area contributed by atoms with Gasteiger partial charge < -0.3 is 18.6 Å². The molecule has 88 heavy (non-hydrogen) atoms. The minimum Gasteiger partial charge on any atom is -0.455 e. The van der Waals surface area contributed by atoms with Crippen molar-refractivity contribution >= 4 is 103 Å². The van der Waals surface area contributed by atoms with E-state index in [4.69, 9.17) is 8.83 Å². The summed E-state index contributed by atoms with van der Waals surface area (Å²) in [6.45, 7) is 27.9. The molecule has 0 aliphatic heterocycles. The van der Waals surface area contributed by atoms with Crippen molar-refractivity contribution in [2.45, 2.75) is 113 Å².